The van der Waals surface area contributed by atoms with Gasteiger partial charge in [-0.05, 0) is 60.4 Å². The van der Waals surface area contributed by atoms with Crippen LogP contribution in [-0.4, -0.2) is 60.2 Å². The third-order valence-electron chi connectivity index (χ3n) is 8.12. The molecule has 2 aliphatic carbocycles. The molecular formula is C28H28N6O5S. The lowest BCUT2D eigenvalue weighted by molar-refractivity contribution is -0.113. The fourth-order valence-electron chi connectivity index (χ4n) is 6.07. The molecule has 1 saturated carbocycles. The Morgan fingerprint density at radius 3 is 2.77 bits per heavy atom. The van der Waals surface area contributed by atoms with Crippen molar-refractivity contribution in [2.45, 2.75) is 49.7 Å². The Kier molecular flexibility index (Phi) is 6.23. The second-order valence-electron chi connectivity index (χ2n) is 10.9. The molecular weight excluding hydrogens is 532 g/mol. The number of nitriles is 1. The average molecular weight is 561 g/mol. The van der Waals surface area contributed by atoms with Crippen molar-refractivity contribution in [2.75, 3.05) is 24.4 Å². The molecule has 0 radical (unpaired) electrons. The Hall–Kier alpha value is -4.08. The number of anilines is 1. The first-order valence-corrected chi connectivity index (χ1v) is 15.1. The molecule has 40 heavy (non-hydrogen) atoms. The molecule has 1 aromatic carbocycles. The van der Waals surface area contributed by atoms with E-state index in [0.717, 1.165) is 31.1 Å². The van der Waals surface area contributed by atoms with Crippen molar-refractivity contribution in [3.63, 3.8) is 0 Å². The van der Waals surface area contributed by atoms with E-state index in [1.165, 1.54) is 22.0 Å². The van der Waals surface area contributed by atoms with Crippen molar-refractivity contribution in [1.82, 2.24) is 20.1 Å². The Balaban J connectivity index is 1.37. The lowest BCUT2D eigenvalue weighted by Crippen LogP contribution is -2.50. The number of nitrogens with zero attached hydrogens (tertiary/aromatic N) is 4. The van der Waals surface area contributed by atoms with E-state index in [-0.39, 0.29) is 17.2 Å². The summed E-state index contributed by atoms with van der Waals surface area (Å²) in [7, 11) is -1.87. The van der Waals surface area contributed by atoms with Gasteiger partial charge in [-0.15, -0.1) is 0 Å². The lowest BCUT2D eigenvalue weighted by atomic mass is 9.76. The fourth-order valence-corrected chi connectivity index (χ4v) is 6.62. The largest absolute Gasteiger partial charge is 0.381 e. The zero-order chi connectivity index (χ0) is 28.2. The summed E-state index contributed by atoms with van der Waals surface area (Å²) < 4.78 is 30.3. The monoisotopic (exact) mass is 560 g/mol. The highest BCUT2D eigenvalue weighted by atomic mass is 32.2. The quantitative estimate of drug-likeness (QED) is 0.464. The summed E-state index contributed by atoms with van der Waals surface area (Å²) in [6.45, 7) is 0. The molecule has 0 bridgehead atoms. The van der Waals surface area contributed by atoms with Gasteiger partial charge in [-0.3, -0.25) is 9.59 Å². The van der Waals surface area contributed by atoms with Gasteiger partial charge < -0.3 is 15.4 Å². The number of nitrogens with one attached hydrogen (secondary N) is 2. The van der Waals surface area contributed by atoms with Gasteiger partial charge in [0.05, 0.1) is 22.9 Å². The minimum Gasteiger partial charge on any atom is -0.381 e. The fraction of sp³-hybridized carbons (Fsp3) is 0.393. The summed E-state index contributed by atoms with van der Waals surface area (Å²) >= 11 is 0. The molecule has 3 aromatic rings. The third kappa shape index (κ3) is 4.55. The highest BCUT2D eigenvalue weighted by molar-refractivity contribution is 7.91. The normalized spacial score (nSPS) is 23.1. The molecule has 1 atom stereocenters. The number of hydrogen-bond donors (Lipinski definition) is 2. The number of pyridine rings is 1. The van der Waals surface area contributed by atoms with Gasteiger partial charge in [0.15, 0.2) is 21.5 Å². The van der Waals surface area contributed by atoms with Crippen LogP contribution in [0.1, 0.15) is 63.5 Å². The maximum absolute atomic E-state index is 13.7. The highest BCUT2D eigenvalue weighted by Crippen LogP contribution is 2.46. The number of aromatic nitrogens is 3. The van der Waals surface area contributed by atoms with Crippen LogP contribution >= 0.6 is 0 Å². The van der Waals surface area contributed by atoms with Crippen LogP contribution in [-0.2, 0) is 37.7 Å². The standard InChI is InChI=1S/C28H28N6O5S/c1-39-20-10-19(11-20)17-4-5-21-18(9-17)7-8-28(21)12-22-25(27(36)32-28)26(31-24(35)15-40(2,37)38)34(33-22)23-6-3-16(13-29)14-30-23/h3-6,9,14,19-20H,7-8,10-12,15H2,1-2H3,(H,31,35)(H,32,36)/t19?,20?,28-/m0/s1. The van der Waals surface area contributed by atoms with Gasteiger partial charge in [-0.25, -0.2) is 13.4 Å². The average Bonchev–Trinajstić information content (AvgIpc) is 3.40. The van der Waals surface area contributed by atoms with Crippen LogP contribution in [0.15, 0.2) is 36.5 Å². The summed E-state index contributed by atoms with van der Waals surface area (Å²) in [6, 6.07) is 11.6. The zero-order valence-corrected chi connectivity index (χ0v) is 22.9. The SMILES string of the molecule is COC1CC(c2ccc3c(c2)CC[C@]32Cc3nn(-c4ccc(C#N)cn4)c(NC(=O)CS(C)(=O)=O)c3C(=O)N2)C1. The number of benzene rings is 1. The number of methoxy groups -OCH3 is 1. The molecule has 2 amide bonds. The molecule has 1 aliphatic heterocycles. The smallest absolute Gasteiger partial charge is 0.257 e. The number of carbonyl (C=O) groups is 2. The number of carbonyl (C=O) groups excluding carboxylic acids is 2. The van der Waals surface area contributed by atoms with Crippen molar-refractivity contribution >= 4 is 27.5 Å². The van der Waals surface area contributed by atoms with Crippen LogP contribution in [0.2, 0.25) is 0 Å². The Morgan fingerprint density at radius 1 is 1.30 bits per heavy atom. The van der Waals surface area contributed by atoms with E-state index in [1.807, 2.05) is 6.07 Å². The minimum absolute atomic E-state index is 0.0412. The van der Waals surface area contributed by atoms with Crippen molar-refractivity contribution in [2.24, 2.45) is 0 Å². The van der Waals surface area contributed by atoms with Gasteiger partial charge in [-0.2, -0.15) is 15.0 Å². The number of fused-ring (bicyclic) bond motifs is 3. The summed E-state index contributed by atoms with van der Waals surface area (Å²) in [6.07, 6.45) is 6.57. The van der Waals surface area contributed by atoms with Crippen molar-refractivity contribution in [1.29, 1.82) is 5.26 Å². The van der Waals surface area contributed by atoms with Gasteiger partial charge in [0.25, 0.3) is 5.91 Å². The van der Waals surface area contributed by atoms with Crippen LogP contribution in [0.4, 0.5) is 5.82 Å². The molecule has 1 spiro atoms. The van der Waals surface area contributed by atoms with Crippen LogP contribution in [0, 0.1) is 11.3 Å². The maximum atomic E-state index is 13.7. The Bertz CT molecular complexity index is 1680. The molecule has 3 aliphatic rings. The van der Waals surface area contributed by atoms with Gasteiger partial charge in [0.1, 0.15) is 17.4 Å². The zero-order valence-electron chi connectivity index (χ0n) is 22.1. The third-order valence-corrected chi connectivity index (χ3v) is 8.90. The van der Waals surface area contributed by atoms with E-state index >= 15 is 0 Å². The van der Waals surface area contributed by atoms with E-state index in [2.05, 4.69) is 38.9 Å². The number of ether oxygens (including phenoxy) is 1. The first-order chi connectivity index (χ1) is 19.1. The van der Waals surface area contributed by atoms with E-state index < -0.39 is 32.9 Å². The number of hydrogen-bond acceptors (Lipinski definition) is 8. The molecule has 3 heterocycles. The van der Waals surface area contributed by atoms with Gasteiger partial charge in [0, 0.05) is 26.0 Å². The molecule has 0 saturated heterocycles. The van der Waals surface area contributed by atoms with Crippen LogP contribution < -0.4 is 10.6 Å². The maximum Gasteiger partial charge on any atom is 0.257 e. The topological polar surface area (TPSA) is 156 Å². The van der Waals surface area contributed by atoms with Crippen LogP contribution in [0.3, 0.4) is 0 Å². The van der Waals surface area contributed by atoms with Gasteiger partial charge >= 0.3 is 0 Å². The number of sulfone groups is 1. The predicted octanol–water partition coefficient (Wildman–Crippen LogP) is 2.14. The Morgan fingerprint density at radius 2 is 2.10 bits per heavy atom. The van der Waals surface area contributed by atoms with Crippen LogP contribution in [0.25, 0.3) is 5.82 Å². The van der Waals surface area contributed by atoms with E-state index in [1.54, 1.807) is 19.2 Å². The van der Waals surface area contributed by atoms with Crippen molar-refractivity contribution in [3.05, 3.63) is 70.0 Å². The Labute approximate surface area is 231 Å². The van der Waals surface area contributed by atoms with E-state index in [9.17, 15) is 18.0 Å². The molecule has 0 unspecified atom stereocenters. The first kappa shape index (κ1) is 26.2. The highest BCUT2D eigenvalue weighted by Gasteiger charge is 2.47. The summed E-state index contributed by atoms with van der Waals surface area (Å²) in [5.41, 5.74) is 3.90. The van der Waals surface area contributed by atoms with Crippen molar-refractivity contribution in [3.8, 4) is 11.9 Å². The molecule has 2 N–H and O–H groups in total. The number of amides is 2. The molecule has 11 nitrogen and oxygen atoms in total. The van der Waals surface area contributed by atoms with E-state index in [0.29, 0.717) is 36.1 Å². The first-order valence-electron chi connectivity index (χ1n) is 13.0. The molecule has 12 heteroatoms. The number of aryl methyl sites for hydroxylation is 1. The van der Waals surface area contributed by atoms with E-state index in [4.69, 9.17) is 10.00 Å². The second-order valence-corrected chi connectivity index (χ2v) is 13.0. The number of rotatable bonds is 6. The summed E-state index contributed by atoms with van der Waals surface area (Å²) in [4.78, 5) is 30.6. The second kappa shape index (κ2) is 9.53. The lowest BCUT2D eigenvalue weighted by Gasteiger charge is -2.36. The summed E-state index contributed by atoms with van der Waals surface area (Å²) in [5.74, 6) is -1.15. The minimum atomic E-state index is -3.61. The molecule has 6 rings (SSSR count). The molecule has 2 aromatic heterocycles. The van der Waals surface area contributed by atoms with Crippen molar-refractivity contribution < 1.29 is 22.7 Å². The van der Waals surface area contributed by atoms with Gasteiger partial charge in [-0.1, -0.05) is 18.2 Å². The van der Waals surface area contributed by atoms with Gasteiger partial charge in [0.2, 0.25) is 5.91 Å². The molecule has 1 fully saturated rings. The predicted molar refractivity (Wildman–Crippen MR) is 145 cm³/mol. The summed E-state index contributed by atoms with van der Waals surface area (Å²) in [5, 5.41) is 19.6. The molecule has 206 valence electrons. The van der Waals surface area contributed by atoms with Crippen LogP contribution in [0.5, 0.6) is 0 Å².